The van der Waals surface area contributed by atoms with Gasteiger partial charge in [0.15, 0.2) is 5.11 Å². The third kappa shape index (κ3) is 5.37. The molecule has 0 atom stereocenters. The summed E-state index contributed by atoms with van der Waals surface area (Å²) in [5.41, 5.74) is 3.75. The van der Waals surface area contributed by atoms with E-state index >= 15 is 0 Å². The second kappa shape index (κ2) is 8.39. The summed E-state index contributed by atoms with van der Waals surface area (Å²) in [5.74, 6) is 0.881. The van der Waals surface area contributed by atoms with Gasteiger partial charge in [-0.2, -0.15) is 0 Å². The van der Waals surface area contributed by atoms with Gasteiger partial charge in [-0.1, -0.05) is 42.0 Å². The van der Waals surface area contributed by atoms with Crippen molar-refractivity contribution in [3.8, 4) is 5.75 Å². The number of rotatable bonds is 6. The van der Waals surface area contributed by atoms with Crippen molar-refractivity contribution in [2.24, 2.45) is 0 Å². The second-order valence-electron chi connectivity index (χ2n) is 5.19. The summed E-state index contributed by atoms with van der Waals surface area (Å²) < 4.78 is 5.15. The fourth-order valence-corrected chi connectivity index (χ4v) is 2.24. The van der Waals surface area contributed by atoms with E-state index < -0.39 is 0 Å². The molecule has 2 aromatic carbocycles. The van der Waals surface area contributed by atoms with Crippen molar-refractivity contribution in [1.82, 2.24) is 10.6 Å². The van der Waals surface area contributed by atoms with Gasteiger partial charge in [-0.3, -0.25) is 0 Å². The van der Waals surface area contributed by atoms with Crippen LogP contribution in [0.2, 0.25) is 0 Å². The van der Waals surface area contributed by atoms with Crippen molar-refractivity contribution in [2.75, 3.05) is 13.7 Å². The van der Waals surface area contributed by atoms with Gasteiger partial charge in [0.2, 0.25) is 0 Å². The van der Waals surface area contributed by atoms with Crippen LogP contribution in [0.4, 0.5) is 0 Å². The van der Waals surface area contributed by atoms with Crippen molar-refractivity contribution < 1.29 is 4.74 Å². The van der Waals surface area contributed by atoms with E-state index in [0.717, 1.165) is 25.3 Å². The minimum Gasteiger partial charge on any atom is -0.497 e. The Morgan fingerprint density at radius 2 is 1.59 bits per heavy atom. The van der Waals surface area contributed by atoms with Gasteiger partial charge < -0.3 is 15.4 Å². The topological polar surface area (TPSA) is 33.3 Å². The Morgan fingerprint density at radius 1 is 0.955 bits per heavy atom. The average molecular weight is 314 g/mol. The Bertz CT molecular complexity index is 593. The first-order chi connectivity index (χ1) is 10.7. The third-order valence-corrected chi connectivity index (χ3v) is 3.72. The van der Waals surface area contributed by atoms with Gasteiger partial charge in [0.05, 0.1) is 7.11 Å². The van der Waals surface area contributed by atoms with Gasteiger partial charge in [-0.05, 0) is 48.8 Å². The second-order valence-corrected chi connectivity index (χ2v) is 5.60. The predicted molar refractivity (Wildman–Crippen MR) is 95.3 cm³/mol. The molecule has 3 nitrogen and oxygen atoms in total. The summed E-state index contributed by atoms with van der Waals surface area (Å²) in [6.07, 6.45) is 0.927. The molecule has 2 N–H and O–H groups in total. The number of benzene rings is 2. The highest BCUT2D eigenvalue weighted by Gasteiger charge is 1.98. The van der Waals surface area contributed by atoms with Crippen molar-refractivity contribution in [3.63, 3.8) is 0 Å². The molecule has 0 saturated heterocycles. The molecule has 0 bridgehead atoms. The minimum atomic E-state index is 0.689. The SMILES string of the molecule is COc1ccc(CCNC(=S)NCc2ccc(C)cc2)cc1. The Morgan fingerprint density at radius 3 is 2.23 bits per heavy atom. The summed E-state index contributed by atoms with van der Waals surface area (Å²) in [5, 5.41) is 7.14. The molecule has 0 unspecified atom stereocenters. The number of hydrogen-bond acceptors (Lipinski definition) is 2. The molecule has 0 aliphatic heterocycles. The number of hydrogen-bond donors (Lipinski definition) is 2. The molecule has 0 spiro atoms. The van der Waals surface area contributed by atoms with Crippen molar-refractivity contribution >= 4 is 17.3 Å². The molecule has 0 saturated carbocycles. The lowest BCUT2D eigenvalue weighted by atomic mass is 10.1. The van der Waals surface area contributed by atoms with Crippen LogP contribution in [-0.4, -0.2) is 18.8 Å². The molecule has 0 aliphatic carbocycles. The highest BCUT2D eigenvalue weighted by molar-refractivity contribution is 7.80. The lowest BCUT2D eigenvalue weighted by Crippen LogP contribution is -2.35. The maximum atomic E-state index is 5.29. The van der Waals surface area contributed by atoms with Crippen LogP contribution in [0.5, 0.6) is 5.75 Å². The fraction of sp³-hybridized carbons (Fsp3) is 0.278. The fourth-order valence-electron chi connectivity index (χ4n) is 2.06. The zero-order valence-corrected chi connectivity index (χ0v) is 13.9. The summed E-state index contributed by atoms with van der Waals surface area (Å²) in [6.45, 7) is 3.64. The molecule has 2 rings (SSSR count). The molecule has 0 aromatic heterocycles. The van der Waals surface area contributed by atoms with Gasteiger partial charge in [-0.25, -0.2) is 0 Å². The van der Waals surface area contributed by atoms with E-state index in [9.17, 15) is 0 Å². The monoisotopic (exact) mass is 314 g/mol. The molecule has 116 valence electrons. The Labute approximate surface area is 137 Å². The molecule has 0 aliphatic rings. The van der Waals surface area contributed by atoms with Crippen molar-refractivity contribution in [1.29, 1.82) is 0 Å². The van der Waals surface area contributed by atoms with Gasteiger partial charge in [-0.15, -0.1) is 0 Å². The van der Waals surface area contributed by atoms with Crippen molar-refractivity contribution in [3.05, 3.63) is 65.2 Å². The lowest BCUT2D eigenvalue weighted by Gasteiger charge is -2.11. The maximum Gasteiger partial charge on any atom is 0.166 e. The minimum absolute atomic E-state index is 0.689. The maximum absolute atomic E-state index is 5.29. The number of methoxy groups -OCH3 is 1. The van der Waals surface area contributed by atoms with Crippen LogP contribution < -0.4 is 15.4 Å². The zero-order chi connectivity index (χ0) is 15.8. The lowest BCUT2D eigenvalue weighted by molar-refractivity contribution is 0.414. The van der Waals surface area contributed by atoms with E-state index in [2.05, 4.69) is 54.0 Å². The standard InChI is InChI=1S/C18H22N2OS/c1-14-3-5-16(6-4-14)13-20-18(22)19-12-11-15-7-9-17(21-2)10-8-15/h3-10H,11-13H2,1-2H3,(H2,19,20,22). The van der Waals surface area contributed by atoms with E-state index in [1.165, 1.54) is 16.7 Å². The molecule has 4 heteroatoms. The largest absolute Gasteiger partial charge is 0.497 e. The average Bonchev–Trinajstić information content (AvgIpc) is 2.55. The summed E-state index contributed by atoms with van der Waals surface area (Å²) >= 11 is 5.29. The predicted octanol–water partition coefficient (Wildman–Crippen LogP) is 3.21. The first-order valence-electron chi connectivity index (χ1n) is 7.37. The Balaban J connectivity index is 1.67. The van der Waals surface area contributed by atoms with Crippen LogP contribution in [0, 0.1) is 6.92 Å². The molecule has 2 aromatic rings. The van der Waals surface area contributed by atoms with Crippen LogP contribution >= 0.6 is 12.2 Å². The first kappa shape index (κ1) is 16.3. The van der Waals surface area contributed by atoms with Crippen LogP contribution in [-0.2, 0) is 13.0 Å². The van der Waals surface area contributed by atoms with Crippen LogP contribution in [0.3, 0.4) is 0 Å². The van der Waals surface area contributed by atoms with Crippen molar-refractivity contribution in [2.45, 2.75) is 19.9 Å². The van der Waals surface area contributed by atoms with Gasteiger partial charge >= 0.3 is 0 Å². The molecule has 0 fully saturated rings. The quantitative estimate of drug-likeness (QED) is 0.802. The van der Waals surface area contributed by atoms with E-state index in [1.54, 1.807) is 7.11 Å². The highest BCUT2D eigenvalue weighted by atomic mass is 32.1. The normalized spacial score (nSPS) is 10.1. The molecular formula is C18H22N2OS. The first-order valence-corrected chi connectivity index (χ1v) is 7.78. The van der Waals surface area contributed by atoms with Gasteiger partial charge in [0.25, 0.3) is 0 Å². The molecule has 0 heterocycles. The Kier molecular flexibility index (Phi) is 6.22. The third-order valence-electron chi connectivity index (χ3n) is 3.43. The van der Waals surface area contributed by atoms with E-state index in [4.69, 9.17) is 17.0 Å². The highest BCUT2D eigenvalue weighted by Crippen LogP contribution is 2.11. The molecule has 22 heavy (non-hydrogen) atoms. The number of thiocarbonyl (C=S) groups is 1. The Hall–Kier alpha value is -2.07. The number of aryl methyl sites for hydroxylation is 1. The van der Waals surface area contributed by atoms with E-state index in [1.807, 2.05) is 12.1 Å². The summed E-state index contributed by atoms with van der Waals surface area (Å²) in [7, 11) is 1.68. The van der Waals surface area contributed by atoms with Gasteiger partial charge in [0.1, 0.15) is 5.75 Å². The van der Waals surface area contributed by atoms with Crippen LogP contribution in [0.1, 0.15) is 16.7 Å². The van der Waals surface area contributed by atoms with E-state index in [0.29, 0.717) is 5.11 Å². The van der Waals surface area contributed by atoms with Crippen LogP contribution in [0.15, 0.2) is 48.5 Å². The number of nitrogens with one attached hydrogen (secondary N) is 2. The molecule has 0 amide bonds. The smallest absolute Gasteiger partial charge is 0.166 e. The van der Waals surface area contributed by atoms with Gasteiger partial charge in [0, 0.05) is 13.1 Å². The van der Waals surface area contributed by atoms with E-state index in [-0.39, 0.29) is 0 Å². The zero-order valence-electron chi connectivity index (χ0n) is 13.1. The number of ether oxygens (including phenoxy) is 1. The van der Waals surface area contributed by atoms with Crippen LogP contribution in [0.25, 0.3) is 0 Å². The summed E-state index contributed by atoms with van der Waals surface area (Å²) in [6, 6.07) is 16.5. The molecule has 0 radical (unpaired) electrons. The summed E-state index contributed by atoms with van der Waals surface area (Å²) in [4.78, 5) is 0. The molecular weight excluding hydrogens is 292 g/mol.